The molecule has 10 heteroatoms. The third-order valence-electron chi connectivity index (χ3n) is 12.9. The van der Waals surface area contributed by atoms with Crippen LogP contribution in [0.1, 0.15) is 41.5 Å². The van der Waals surface area contributed by atoms with Crippen LogP contribution in [0.25, 0.3) is 66.3 Å². The minimum absolute atomic E-state index is 0.412. The third kappa shape index (κ3) is 8.70. The van der Waals surface area contributed by atoms with Crippen LogP contribution in [0.4, 0.5) is 34.1 Å². The molecule has 0 saturated carbocycles. The number of benzene rings is 6. The fraction of sp³-hybridized carbons (Fsp3) is 0.211. The van der Waals surface area contributed by atoms with E-state index in [2.05, 4.69) is 79.3 Å². The summed E-state index contributed by atoms with van der Waals surface area (Å²) in [4.78, 5) is 49.2. The van der Waals surface area contributed by atoms with Crippen LogP contribution in [0.3, 0.4) is 0 Å². The van der Waals surface area contributed by atoms with Crippen molar-refractivity contribution in [2.45, 2.75) is 41.5 Å². The highest BCUT2D eigenvalue weighted by Gasteiger charge is 2.18. The zero-order valence-corrected chi connectivity index (χ0v) is 38.8. The zero-order valence-electron chi connectivity index (χ0n) is 38.8. The van der Waals surface area contributed by atoms with Gasteiger partial charge in [0.15, 0.2) is 0 Å². The number of fused-ring (bicyclic) bond motifs is 3. The Hall–Kier alpha value is -7.85. The molecule has 67 heavy (non-hydrogen) atoms. The molecule has 0 radical (unpaired) electrons. The van der Waals surface area contributed by atoms with Gasteiger partial charge in [0.25, 0.3) is 0 Å². The van der Waals surface area contributed by atoms with Crippen LogP contribution in [0, 0.1) is 0 Å². The lowest BCUT2D eigenvalue weighted by Gasteiger charge is -2.26. The average Bonchev–Trinajstić information content (AvgIpc) is 3.35. The van der Waals surface area contributed by atoms with E-state index in [0.717, 1.165) is 106 Å². The fourth-order valence-corrected chi connectivity index (χ4v) is 9.08. The van der Waals surface area contributed by atoms with Gasteiger partial charge in [0.05, 0.1) is 16.7 Å². The maximum atomic E-state index is 13.5. The number of hydrogen-bond acceptors (Lipinski definition) is 10. The second-order valence-corrected chi connectivity index (χ2v) is 16.5. The Morgan fingerprint density at radius 1 is 0.313 bits per heavy atom. The molecule has 338 valence electrons. The monoisotopic (exact) mass is 890 g/mol. The summed E-state index contributed by atoms with van der Waals surface area (Å²) >= 11 is 0. The second-order valence-electron chi connectivity index (χ2n) is 16.5. The number of rotatable bonds is 15. The lowest BCUT2D eigenvalue weighted by Crippen LogP contribution is -2.21. The Bertz CT molecular complexity index is 3040. The van der Waals surface area contributed by atoms with Crippen molar-refractivity contribution in [1.82, 2.24) is 0 Å². The first kappa shape index (κ1) is 44.4. The predicted octanol–water partition coefficient (Wildman–Crippen LogP) is 13.0. The highest BCUT2D eigenvalue weighted by atomic mass is 16.4. The summed E-state index contributed by atoms with van der Waals surface area (Å²) in [6, 6.07) is 47.0. The maximum Gasteiger partial charge on any atom is 0.344 e. The zero-order chi connectivity index (χ0) is 46.8. The van der Waals surface area contributed by atoms with E-state index < -0.39 is 16.9 Å². The van der Waals surface area contributed by atoms with Gasteiger partial charge in [0.2, 0.25) is 0 Å². The average molecular weight is 891 g/mol. The van der Waals surface area contributed by atoms with Gasteiger partial charge in [0.1, 0.15) is 16.7 Å². The summed E-state index contributed by atoms with van der Waals surface area (Å²) in [5.41, 5.74) is 9.44. The molecule has 9 rings (SSSR count). The Labute approximate surface area is 389 Å². The van der Waals surface area contributed by atoms with Gasteiger partial charge in [-0.15, -0.1) is 0 Å². The van der Waals surface area contributed by atoms with E-state index in [0.29, 0.717) is 33.4 Å². The molecular weight excluding hydrogens is 837 g/mol. The summed E-state index contributed by atoms with van der Waals surface area (Å²) in [6.07, 6.45) is 0. The van der Waals surface area contributed by atoms with E-state index in [1.54, 1.807) is 0 Å². The van der Waals surface area contributed by atoms with E-state index in [1.165, 1.54) is 0 Å². The fourth-order valence-electron chi connectivity index (χ4n) is 9.08. The van der Waals surface area contributed by atoms with Gasteiger partial charge in [-0.1, -0.05) is 36.4 Å². The van der Waals surface area contributed by atoms with Crippen molar-refractivity contribution in [3.63, 3.8) is 0 Å². The van der Waals surface area contributed by atoms with E-state index in [4.69, 9.17) is 13.3 Å². The molecule has 0 N–H and O–H groups in total. The summed E-state index contributed by atoms with van der Waals surface area (Å²) < 4.78 is 17.7. The summed E-state index contributed by atoms with van der Waals surface area (Å²) in [5, 5.41) is 2.52. The van der Waals surface area contributed by atoms with Crippen molar-refractivity contribution in [3.8, 4) is 33.4 Å². The standard InChI is InChI=1S/C57H54N4O6/c1-7-58(8-2)46-28-19-40-31-49(55(62)65-52(40)34-46)37-13-22-43(23-14-37)61(44-24-15-38(16-25-44)50-32-41-20-29-47(59(9-3)10-4)35-53(41)66-56(50)63)45-26-17-39(18-27-45)51-33-42-21-30-48(60(11-5)12-6)36-54(42)67-57(51)64/h13-36H,7-12H2,1-6H3. The van der Waals surface area contributed by atoms with Gasteiger partial charge in [0, 0.05) is 108 Å². The summed E-state index contributed by atoms with van der Waals surface area (Å²) in [5.74, 6) is 0. The molecule has 10 nitrogen and oxygen atoms in total. The van der Waals surface area contributed by atoms with E-state index in [1.807, 2.05) is 127 Å². The summed E-state index contributed by atoms with van der Waals surface area (Å²) in [7, 11) is 0. The molecule has 0 unspecified atom stereocenters. The number of hydrogen-bond donors (Lipinski definition) is 0. The molecule has 3 aromatic heterocycles. The Balaban J connectivity index is 1.08. The van der Waals surface area contributed by atoms with Gasteiger partial charge < -0.3 is 32.9 Å². The van der Waals surface area contributed by atoms with Crippen molar-refractivity contribution in [2.75, 3.05) is 58.9 Å². The number of anilines is 6. The van der Waals surface area contributed by atoms with Crippen LogP contribution in [0.5, 0.6) is 0 Å². The van der Waals surface area contributed by atoms with E-state index in [9.17, 15) is 14.4 Å². The molecular formula is C57H54N4O6. The van der Waals surface area contributed by atoms with Crippen LogP contribution in [0.2, 0.25) is 0 Å². The SMILES string of the molecule is CCN(CC)c1ccc2cc(-c3ccc(N(c4ccc(-c5cc6ccc(N(CC)CC)cc6oc5=O)cc4)c4ccc(-c5cc6ccc(N(CC)CC)cc6oc5=O)cc4)cc3)c(=O)oc2c1. The van der Waals surface area contributed by atoms with Gasteiger partial charge in [-0.3, -0.25) is 0 Å². The molecule has 9 aromatic rings. The lowest BCUT2D eigenvalue weighted by molar-refractivity contribution is 0.563. The van der Waals surface area contributed by atoms with Gasteiger partial charge in [-0.25, -0.2) is 14.4 Å². The molecule has 0 bridgehead atoms. The lowest BCUT2D eigenvalue weighted by atomic mass is 10.0. The highest BCUT2D eigenvalue weighted by molar-refractivity contribution is 5.88. The molecule has 0 aliphatic heterocycles. The van der Waals surface area contributed by atoms with Crippen LogP contribution >= 0.6 is 0 Å². The van der Waals surface area contributed by atoms with E-state index >= 15 is 0 Å². The maximum absolute atomic E-state index is 13.5. The van der Waals surface area contributed by atoms with Gasteiger partial charge in [-0.2, -0.15) is 0 Å². The second kappa shape index (κ2) is 18.9. The van der Waals surface area contributed by atoms with Crippen molar-refractivity contribution in [1.29, 1.82) is 0 Å². The van der Waals surface area contributed by atoms with Crippen LogP contribution < -0.4 is 36.5 Å². The first-order chi connectivity index (χ1) is 32.6. The van der Waals surface area contributed by atoms with Crippen molar-refractivity contribution in [3.05, 3.63) is 177 Å². The Kier molecular flexibility index (Phi) is 12.5. The van der Waals surface area contributed by atoms with Crippen molar-refractivity contribution in [2.24, 2.45) is 0 Å². The highest BCUT2D eigenvalue weighted by Crippen LogP contribution is 2.38. The Morgan fingerprint density at radius 2 is 0.552 bits per heavy atom. The normalized spacial score (nSPS) is 11.4. The van der Waals surface area contributed by atoms with Crippen LogP contribution in [-0.4, -0.2) is 39.3 Å². The predicted molar refractivity (Wildman–Crippen MR) is 276 cm³/mol. The van der Waals surface area contributed by atoms with Crippen LogP contribution in [-0.2, 0) is 0 Å². The molecule has 0 fully saturated rings. The molecule has 0 aliphatic carbocycles. The smallest absolute Gasteiger partial charge is 0.344 e. The minimum atomic E-state index is -0.412. The molecule has 0 spiro atoms. The first-order valence-corrected chi connectivity index (χ1v) is 23.2. The minimum Gasteiger partial charge on any atom is -0.422 e. The molecule has 3 heterocycles. The van der Waals surface area contributed by atoms with Crippen LogP contribution in [0.15, 0.2) is 173 Å². The van der Waals surface area contributed by atoms with Gasteiger partial charge >= 0.3 is 16.9 Å². The number of nitrogens with zero attached hydrogens (tertiary/aromatic N) is 4. The molecule has 0 aliphatic rings. The Morgan fingerprint density at radius 3 is 0.791 bits per heavy atom. The van der Waals surface area contributed by atoms with Crippen molar-refractivity contribution >= 4 is 67.0 Å². The molecule has 6 aromatic carbocycles. The first-order valence-electron chi connectivity index (χ1n) is 23.2. The third-order valence-corrected chi connectivity index (χ3v) is 12.9. The summed E-state index contributed by atoms with van der Waals surface area (Å²) in [6.45, 7) is 17.7. The topological polar surface area (TPSA) is 104 Å². The molecule has 0 amide bonds. The van der Waals surface area contributed by atoms with Gasteiger partial charge in [-0.05, 0) is 149 Å². The molecule has 0 saturated heterocycles. The van der Waals surface area contributed by atoms with Crippen molar-refractivity contribution < 1.29 is 13.3 Å². The quantitative estimate of drug-likeness (QED) is 0.0924. The largest absolute Gasteiger partial charge is 0.422 e. The van der Waals surface area contributed by atoms with E-state index in [-0.39, 0.29) is 0 Å². The molecule has 0 atom stereocenters.